The molecular weight excluding hydrogens is 294 g/mol. The summed E-state index contributed by atoms with van der Waals surface area (Å²) in [6, 6.07) is 10.6. The van der Waals surface area contributed by atoms with Crippen molar-refractivity contribution in [1.82, 2.24) is 0 Å². The highest BCUT2D eigenvalue weighted by Gasteiger charge is 2.27. The number of pyridine rings is 1. The Hall–Kier alpha value is -1.41. The molecule has 0 bridgehead atoms. The molecule has 0 saturated heterocycles. The van der Waals surface area contributed by atoms with Crippen LogP contribution in [0, 0.1) is 6.92 Å². The van der Waals surface area contributed by atoms with E-state index in [1.54, 1.807) is 0 Å². The molecule has 1 nitrogen and oxygen atoms in total. The van der Waals surface area contributed by atoms with E-state index in [0.29, 0.717) is 0 Å². The maximum atomic E-state index is 8.87. The normalized spacial score (nSPS) is 14.4. The molecule has 0 aliphatic carbocycles. The summed E-state index contributed by atoms with van der Waals surface area (Å²) in [4.78, 5) is 0. The van der Waals surface area contributed by atoms with Gasteiger partial charge in [0.25, 0.3) is 0 Å². The molecule has 0 fully saturated rings. The summed E-state index contributed by atoms with van der Waals surface area (Å²) in [6.07, 6.45) is 2.03. The van der Waals surface area contributed by atoms with Gasteiger partial charge in [-0.3, -0.25) is 0 Å². The fourth-order valence-electron chi connectivity index (χ4n) is 2.90. The van der Waals surface area contributed by atoms with Gasteiger partial charge in [-0.05, 0) is 35.5 Å². The van der Waals surface area contributed by atoms with Crippen molar-refractivity contribution in [2.45, 2.75) is 58.7 Å². The van der Waals surface area contributed by atoms with Gasteiger partial charge in [0.2, 0.25) is 5.69 Å². The van der Waals surface area contributed by atoms with E-state index < -0.39 is 14.1 Å². The average Bonchev–Trinajstić information content (AvgIpc) is 2.45. The van der Waals surface area contributed by atoms with Gasteiger partial charge in [-0.15, -0.1) is 0 Å². The van der Waals surface area contributed by atoms with Gasteiger partial charge in [0.1, 0.15) is 7.05 Å². The number of nitrogens with zero attached hydrogens (tertiary/aromatic N) is 1. The largest absolute Gasteiger partial charge is 0.212 e. The summed E-state index contributed by atoms with van der Waals surface area (Å²) < 4.78 is 19.8. The summed E-state index contributed by atoms with van der Waals surface area (Å²) in [5.41, 5.74) is 5.41. The van der Waals surface area contributed by atoms with Crippen LogP contribution < -0.4 is 4.57 Å². The number of hydrogen-bond donors (Lipinski definition) is 0. The Morgan fingerprint density at radius 3 is 2.26 bits per heavy atom. The Kier molecular flexibility index (Phi) is 4.10. The monoisotopic (exact) mass is 328 g/mol. The smallest absolute Gasteiger partial charge is 0.201 e. The van der Waals surface area contributed by atoms with Crippen LogP contribution in [0.1, 0.15) is 40.2 Å². The molecule has 2 heteroatoms. The van der Waals surface area contributed by atoms with Crippen LogP contribution in [0.4, 0.5) is 0 Å². The third kappa shape index (κ3) is 4.32. The van der Waals surface area contributed by atoms with E-state index in [1.165, 1.54) is 11.1 Å². The minimum atomic E-state index is -2.05. The fraction of sp³-hybridized carbons (Fsp3) is 0.476. The second kappa shape index (κ2) is 6.24. The molecule has 0 saturated carbocycles. The maximum Gasteiger partial charge on any atom is 0.212 e. The lowest BCUT2D eigenvalue weighted by Gasteiger charge is -2.25. The lowest BCUT2D eigenvalue weighted by Crippen LogP contribution is -2.36. The molecule has 1 aromatic carbocycles. The third-order valence-corrected chi connectivity index (χ3v) is 5.03. The Bertz CT molecular complexity index is 783. The lowest BCUT2D eigenvalue weighted by atomic mass is 9.83. The zero-order valence-corrected chi connectivity index (χ0v) is 16.9. The van der Waals surface area contributed by atoms with Gasteiger partial charge in [0.15, 0.2) is 6.20 Å². The van der Waals surface area contributed by atoms with E-state index in [1.807, 2.05) is 13.2 Å². The van der Waals surface area contributed by atoms with Gasteiger partial charge in [0, 0.05) is 28.0 Å². The van der Waals surface area contributed by atoms with Gasteiger partial charge in [-0.25, -0.2) is 4.57 Å². The van der Waals surface area contributed by atoms with E-state index in [2.05, 4.69) is 82.2 Å². The van der Waals surface area contributed by atoms with Gasteiger partial charge in [-0.1, -0.05) is 58.6 Å². The Morgan fingerprint density at radius 1 is 1.13 bits per heavy atom. The molecule has 124 valence electrons. The minimum absolute atomic E-state index is 0.117. The summed E-state index contributed by atoms with van der Waals surface area (Å²) >= 11 is 0. The van der Waals surface area contributed by atoms with Gasteiger partial charge in [-0.2, -0.15) is 0 Å². The molecule has 0 atom stereocenters. The van der Waals surface area contributed by atoms with Crippen molar-refractivity contribution < 1.29 is 7.31 Å². The molecule has 2 rings (SSSR count). The van der Waals surface area contributed by atoms with Crippen molar-refractivity contribution in [3.63, 3.8) is 0 Å². The number of aryl methyl sites for hydroxylation is 2. The van der Waals surface area contributed by atoms with E-state index in [4.69, 9.17) is 2.74 Å². The first-order chi connectivity index (χ1) is 11.3. The summed E-state index contributed by atoms with van der Waals surface area (Å²) in [7, 11) is -0.0206. The van der Waals surface area contributed by atoms with Gasteiger partial charge < -0.3 is 0 Å². The van der Waals surface area contributed by atoms with E-state index in [0.717, 1.165) is 16.8 Å². The van der Waals surface area contributed by atoms with E-state index >= 15 is 0 Å². The van der Waals surface area contributed by atoms with Crippen molar-refractivity contribution >= 4 is 8.07 Å². The number of benzene rings is 1. The fourth-order valence-corrected chi connectivity index (χ4v) is 3.91. The van der Waals surface area contributed by atoms with Crippen LogP contribution in [0.5, 0.6) is 0 Å². The molecule has 2 aromatic rings. The zero-order valence-electron chi connectivity index (χ0n) is 17.9. The highest BCUT2D eigenvalue weighted by molar-refractivity contribution is 6.75. The number of aromatic nitrogens is 1. The Balaban J connectivity index is 2.82. The molecular formula is C21H32NSi+. The van der Waals surface area contributed by atoms with Crippen LogP contribution in [-0.2, 0) is 18.5 Å². The Labute approximate surface area is 146 Å². The average molecular weight is 329 g/mol. The standard InChI is InChI=1S/C21H32NSi/c1-16-11-9-10-12-18(16)20-13-19(21(2,3)4)17(14-22(20)5)15-23(6,7)8/h9-14H,15H2,1-8H3/q+1/i15D2. The molecule has 0 aliphatic heterocycles. The minimum Gasteiger partial charge on any atom is -0.201 e. The van der Waals surface area contributed by atoms with Gasteiger partial charge in [0.05, 0.1) is 0 Å². The van der Waals surface area contributed by atoms with Crippen molar-refractivity contribution in [3.8, 4) is 11.3 Å². The first kappa shape index (κ1) is 15.1. The lowest BCUT2D eigenvalue weighted by molar-refractivity contribution is -0.660. The molecule has 23 heavy (non-hydrogen) atoms. The van der Waals surface area contributed by atoms with E-state index in [9.17, 15) is 0 Å². The molecule has 0 unspecified atom stereocenters. The van der Waals surface area contributed by atoms with Crippen LogP contribution in [0.2, 0.25) is 19.6 Å². The molecule has 0 radical (unpaired) electrons. The summed E-state index contributed by atoms with van der Waals surface area (Å²) in [5.74, 6) is -1.28. The molecule has 0 aliphatic rings. The highest BCUT2D eigenvalue weighted by Crippen LogP contribution is 2.31. The quantitative estimate of drug-likeness (QED) is 0.538. The summed E-state index contributed by atoms with van der Waals surface area (Å²) in [6.45, 7) is 15.0. The Morgan fingerprint density at radius 2 is 1.74 bits per heavy atom. The maximum absolute atomic E-state index is 8.87. The van der Waals surface area contributed by atoms with Crippen LogP contribution in [0.3, 0.4) is 0 Å². The van der Waals surface area contributed by atoms with Crippen molar-refractivity contribution in [1.29, 1.82) is 0 Å². The van der Waals surface area contributed by atoms with Crippen molar-refractivity contribution in [2.24, 2.45) is 7.05 Å². The molecule has 1 heterocycles. The number of rotatable bonds is 3. The second-order valence-corrected chi connectivity index (χ2v) is 13.3. The van der Waals surface area contributed by atoms with Crippen LogP contribution in [0.15, 0.2) is 36.5 Å². The van der Waals surface area contributed by atoms with E-state index in [-0.39, 0.29) is 5.41 Å². The third-order valence-electron chi connectivity index (χ3n) is 4.01. The predicted octanol–water partition coefficient (Wildman–Crippen LogP) is 5.20. The van der Waals surface area contributed by atoms with Crippen LogP contribution in [0.25, 0.3) is 11.3 Å². The number of hydrogen-bond acceptors (Lipinski definition) is 0. The zero-order chi connectivity index (χ0) is 19.2. The second-order valence-electron chi connectivity index (χ2n) is 8.54. The topological polar surface area (TPSA) is 3.88 Å². The van der Waals surface area contributed by atoms with Crippen molar-refractivity contribution in [3.05, 3.63) is 53.2 Å². The predicted molar refractivity (Wildman–Crippen MR) is 104 cm³/mol. The molecule has 1 aromatic heterocycles. The first-order valence-electron chi connectivity index (χ1n) is 9.37. The van der Waals surface area contributed by atoms with Crippen LogP contribution in [-0.4, -0.2) is 8.07 Å². The van der Waals surface area contributed by atoms with Crippen LogP contribution >= 0.6 is 0 Å². The molecule has 0 spiro atoms. The highest BCUT2D eigenvalue weighted by atomic mass is 28.3. The van der Waals surface area contributed by atoms with Gasteiger partial charge >= 0.3 is 0 Å². The first-order valence-corrected chi connectivity index (χ1v) is 11.9. The summed E-state index contributed by atoms with van der Waals surface area (Å²) in [5, 5.41) is 0. The van der Waals surface area contributed by atoms with Crippen molar-refractivity contribution in [2.75, 3.05) is 0 Å². The molecule has 0 N–H and O–H groups in total. The molecule has 0 amide bonds. The SMILES string of the molecule is [2H]C([2H])(c1c[n+](C)c(-c2ccccc2C)cc1C(C)(C)C)[Si](C)(C)C.